The van der Waals surface area contributed by atoms with Crippen LogP contribution in [0.25, 0.3) is 0 Å². The van der Waals surface area contributed by atoms with Crippen LogP contribution in [-0.4, -0.2) is 67.3 Å². The van der Waals surface area contributed by atoms with Crippen molar-refractivity contribution in [1.82, 2.24) is 20.4 Å². The van der Waals surface area contributed by atoms with E-state index in [9.17, 15) is 9.90 Å². The Balaban J connectivity index is 1.70. The highest BCUT2D eigenvalue weighted by Crippen LogP contribution is 2.10. The summed E-state index contributed by atoms with van der Waals surface area (Å²) in [6, 6.07) is 7.87. The number of hydrogen-bond donors (Lipinski definition) is 3. The molecule has 1 heterocycles. The fourth-order valence-electron chi connectivity index (χ4n) is 3.18. The number of β-amino-alcohol motifs (C(OH)–C–C–N with tert-alkyl or cyclic N) is 1. The van der Waals surface area contributed by atoms with Crippen molar-refractivity contribution in [2.75, 3.05) is 40.3 Å². The SMILES string of the molecule is CN(C)Cc1ccccc1CNC(=O)NC[C@H](O)CN1CCCCC1. The van der Waals surface area contributed by atoms with Crippen LogP contribution >= 0.6 is 0 Å². The third kappa shape index (κ3) is 7.42. The second kappa shape index (κ2) is 10.4. The van der Waals surface area contributed by atoms with Gasteiger partial charge in [0.15, 0.2) is 0 Å². The molecule has 1 aromatic rings. The number of carbonyl (C=O) groups is 1. The van der Waals surface area contributed by atoms with E-state index in [0.29, 0.717) is 13.1 Å². The molecule has 1 fully saturated rings. The van der Waals surface area contributed by atoms with Gasteiger partial charge in [-0.15, -0.1) is 0 Å². The summed E-state index contributed by atoms with van der Waals surface area (Å²) in [6.07, 6.45) is 3.16. The second-order valence-corrected chi connectivity index (χ2v) is 7.09. The number of hydrogen-bond acceptors (Lipinski definition) is 4. The van der Waals surface area contributed by atoms with Crippen LogP contribution in [-0.2, 0) is 13.1 Å². The molecule has 140 valence electrons. The summed E-state index contributed by atoms with van der Waals surface area (Å²) in [5, 5.41) is 15.7. The molecular formula is C19H32N4O2. The van der Waals surface area contributed by atoms with Gasteiger partial charge < -0.3 is 25.5 Å². The van der Waals surface area contributed by atoms with Crippen LogP contribution in [0.3, 0.4) is 0 Å². The van der Waals surface area contributed by atoms with Gasteiger partial charge in [-0.3, -0.25) is 0 Å². The van der Waals surface area contributed by atoms with Crippen LogP contribution in [0.5, 0.6) is 0 Å². The molecule has 2 amide bonds. The average molecular weight is 348 g/mol. The Morgan fingerprint density at radius 3 is 2.52 bits per heavy atom. The number of piperidine rings is 1. The number of aliphatic hydroxyl groups excluding tert-OH is 1. The summed E-state index contributed by atoms with van der Waals surface area (Å²) in [7, 11) is 4.06. The lowest BCUT2D eigenvalue weighted by atomic mass is 10.1. The minimum atomic E-state index is -0.523. The van der Waals surface area contributed by atoms with E-state index in [1.54, 1.807) is 0 Å². The molecule has 0 spiro atoms. The summed E-state index contributed by atoms with van der Waals surface area (Å²) in [6.45, 7) is 4.33. The maximum Gasteiger partial charge on any atom is 0.315 e. The van der Waals surface area contributed by atoms with Crippen molar-refractivity contribution in [3.63, 3.8) is 0 Å². The van der Waals surface area contributed by atoms with Crippen LogP contribution < -0.4 is 10.6 Å². The number of nitrogens with one attached hydrogen (secondary N) is 2. The van der Waals surface area contributed by atoms with E-state index in [0.717, 1.165) is 25.2 Å². The molecule has 0 saturated carbocycles. The zero-order valence-corrected chi connectivity index (χ0v) is 15.5. The third-order valence-corrected chi connectivity index (χ3v) is 4.46. The molecule has 1 aliphatic rings. The van der Waals surface area contributed by atoms with E-state index in [4.69, 9.17) is 0 Å². The molecule has 0 aromatic heterocycles. The van der Waals surface area contributed by atoms with Gasteiger partial charge in [0.2, 0.25) is 0 Å². The molecule has 6 heteroatoms. The first-order valence-corrected chi connectivity index (χ1v) is 9.18. The lowest BCUT2D eigenvalue weighted by molar-refractivity contribution is 0.101. The highest BCUT2D eigenvalue weighted by molar-refractivity contribution is 5.73. The van der Waals surface area contributed by atoms with E-state index >= 15 is 0 Å². The number of nitrogens with zero attached hydrogens (tertiary/aromatic N) is 2. The number of likely N-dealkylation sites (tertiary alicyclic amines) is 1. The highest BCUT2D eigenvalue weighted by atomic mass is 16.3. The smallest absolute Gasteiger partial charge is 0.315 e. The molecular weight excluding hydrogens is 316 g/mol. The number of benzene rings is 1. The topological polar surface area (TPSA) is 67.8 Å². The summed E-state index contributed by atoms with van der Waals surface area (Å²) >= 11 is 0. The van der Waals surface area contributed by atoms with E-state index in [-0.39, 0.29) is 12.6 Å². The van der Waals surface area contributed by atoms with Crippen LogP contribution in [0.15, 0.2) is 24.3 Å². The monoisotopic (exact) mass is 348 g/mol. The van der Waals surface area contributed by atoms with Crippen LogP contribution in [0.4, 0.5) is 4.79 Å². The Hall–Kier alpha value is -1.63. The van der Waals surface area contributed by atoms with Gasteiger partial charge in [-0.05, 0) is 51.2 Å². The second-order valence-electron chi connectivity index (χ2n) is 7.09. The summed E-state index contributed by atoms with van der Waals surface area (Å²) < 4.78 is 0. The first-order valence-electron chi connectivity index (χ1n) is 9.18. The summed E-state index contributed by atoms with van der Waals surface area (Å²) in [5.41, 5.74) is 2.32. The molecule has 0 unspecified atom stereocenters. The minimum absolute atomic E-state index is 0.239. The predicted octanol–water partition coefficient (Wildman–Crippen LogP) is 1.39. The standard InChI is InChI=1S/C19H32N4O2/c1-22(2)14-17-9-5-4-8-16(17)12-20-19(25)21-13-18(24)15-23-10-6-3-7-11-23/h4-5,8-9,18,24H,3,6-7,10-15H2,1-2H3,(H2,20,21,25)/t18-/m0/s1. The van der Waals surface area contributed by atoms with Gasteiger partial charge in [-0.1, -0.05) is 30.7 Å². The summed E-state index contributed by atoms with van der Waals surface area (Å²) in [5.74, 6) is 0. The number of rotatable bonds is 8. The molecule has 1 aromatic carbocycles. The normalized spacial score (nSPS) is 16.6. The molecule has 3 N–H and O–H groups in total. The van der Waals surface area contributed by atoms with Crippen molar-refractivity contribution < 1.29 is 9.90 Å². The van der Waals surface area contributed by atoms with E-state index in [1.807, 2.05) is 32.3 Å². The van der Waals surface area contributed by atoms with E-state index in [1.165, 1.54) is 24.8 Å². The van der Waals surface area contributed by atoms with Gasteiger partial charge in [-0.25, -0.2) is 4.79 Å². The Morgan fingerprint density at radius 2 is 1.84 bits per heavy atom. The first-order chi connectivity index (χ1) is 12.0. The number of carbonyl (C=O) groups excluding carboxylic acids is 1. The molecule has 0 radical (unpaired) electrons. The average Bonchev–Trinajstić information content (AvgIpc) is 2.59. The fraction of sp³-hybridized carbons (Fsp3) is 0.632. The van der Waals surface area contributed by atoms with Crippen LogP contribution in [0, 0.1) is 0 Å². The van der Waals surface area contributed by atoms with Crippen molar-refractivity contribution in [2.24, 2.45) is 0 Å². The lowest BCUT2D eigenvalue weighted by Gasteiger charge is -2.28. The van der Waals surface area contributed by atoms with Gasteiger partial charge >= 0.3 is 6.03 Å². The quantitative estimate of drug-likeness (QED) is 0.664. The summed E-state index contributed by atoms with van der Waals surface area (Å²) in [4.78, 5) is 16.4. The molecule has 6 nitrogen and oxygen atoms in total. The van der Waals surface area contributed by atoms with Crippen molar-refractivity contribution in [1.29, 1.82) is 0 Å². The predicted molar refractivity (Wildman–Crippen MR) is 100 cm³/mol. The molecule has 1 saturated heterocycles. The Morgan fingerprint density at radius 1 is 1.16 bits per heavy atom. The van der Waals surface area contributed by atoms with Gasteiger partial charge in [0, 0.05) is 26.2 Å². The molecule has 2 rings (SSSR count). The molecule has 0 bridgehead atoms. The van der Waals surface area contributed by atoms with Crippen molar-refractivity contribution in [3.05, 3.63) is 35.4 Å². The molecule has 0 aliphatic carbocycles. The maximum atomic E-state index is 12.0. The molecule has 25 heavy (non-hydrogen) atoms. The largest absolute Gasteiger partial charge is 0.390 e. The van der Waals surface area contributed by atoms with Gasteiger partial charge in [-0.2, -0.15) is 0 Å². The Kier molecular flexibility index (Phi) is 8.18. The first kappa shape index (κ1) is 19.7. The molecule has 1 aliphatic heterocycles. The van der Waals surface area contributed by atoms with Crippen molar-refractivity contribution in [2.45, 2.75) is 38.5 Å². The minimum Gasteiger partial charge on any atom is -0.390 e. The van der Waals surface area contributed by atoms with Gasteiger partial charge in [0.1, 0.15) is 0 Å². The molecule has 1 atom stereocenters. The van der Waals surface area contributed by atoms with E-state index < -0.39 is 6.10 Å². The lowest BCUT2D eigenvalue weighted by Crippen LogP contribution is -2.44. The zero-order chi connectivity index (χ0) is 18.1. The Labute approximate surface area is 151 Å². The Bertz CT molecular complexity index is 530. The van der Waals surface area contributed by atoms with Crippen molar-refractivity contribution >= 4 is 6.03 Å². The maximum absolute atomic E-state index is 12.0. The number of urea groups is 1. The fourth-order valence-corrected chi connectivity index (χ4v) is 3.18. The van der Waals surface area contributed by atoms with E-state index in [2.05, 4.69) is 26.5 Å². The highest BCUT2D eigenvalue weighted by Gasteiger charge is 2.15. The zero-order valence-electron chi connectivity index (χ0n) is 15.5. The van der Waals surface area contributed by atoms with Gasteiger partial charge in [0.25, 0.3) is 0 Å². The van der Waals surface area contributed by atoms with Crippen LogP contribution in [0.1, 0.15) is 30.4 Å². The van der Waals surface area contributed by atoms with Gasteiger partial charge in [0.05, 0.1) is 6.10 Å². The van der Waals surface area contributed by atoms with Crippen LogP contribution in [0.2, 0.25) is 0 Å². The number of amides is 2. The number of aliphatic hydroxyl groups is 1. The van der Waals surface area contributed by atoms with Crippen molar-refractivity contribution in [3.8, 4) is 0 Å². The third-order valence-electron chi connectivity index (χ3n) is 4.46.